The van der Waals surface area contributed by atoms with Crippen molar-refractivity contribution in [1.82, 2.24) is 19.9 Å². The first-order valence-electron chi connectivity index (χ1n) is 7.20. The number of thiophene rings is 1. The lowest BCUT2D eigenvalue weighted by molar-refractivity contribution is 1.03. The average Bonchev–Trinajstić information content (AvgIpc) is 3.10. The van der Waals surface area contributed by atoms with E-state index in [9.17, 15) is 0 Å². The molecule has 0 aliphatic rings. The van der Waals surface area contributed by atoms with Crippen molar-refractivity contribution in [2.75, 3.05) is 5.32 Å². The van der Waals surface area contributed by atoms with Crippen LogP contribution in [0.5, 0.6) is 0 Å². The Morgan fingerprint density at radius 1 is 0.913 bits per heavy atom. The van der Waals surface area contributed by atoms with Crippen molar-refractivity contribution in [3.8, 4) is 11.5 Å². The fourth-order valence-electron chi connectivity index (χ4n) is 2.28. The highest BCUT2D eigenvalue weighted by Crippen LogP contribution is 2.28. The van der Waals surface area contributed by atoms with Crippen LogP contribution in [0.25, 0.3) is 21.7 Å². The quantitative estimate of drug-likeness (QED) is 0.620. The van der Waals surface area contributed by atoms with Gasteiger partial charge in [-0.1, -0.05) is 12.1 Å². The molecule has 0 radical (unpaired) electrons. The first-order chi connectivity index (χ1) is 11.4. The molecule has 0 unspecified atom stereocenters. The summed E-state index contributed by atoms with van der Waals surface area (Å²) in [6.45, 7) is 0.616. The number of fused-ring (bicyclic) bond motifs is 1. The molecular formula is C17H13N5S. The molecule has 0 fully saturated rings. The highest BCUT2D eigenvalue weighted by molar-refractivity contribution is 7.16. The van der Waals surface area contributed by atoms with E-state index in [1.54, 1.807) is 23.7 Å². The van der Waals surface area contributed by atoms with Crippen LogP contribution in [0.3, 0.4) is 0 Å². The van der Waals surface area contributed by atoms with Gasteiger partial charge >= 0.3 is 0 Å². The molecule has 6 heteroatoms. The summed E-state index contributed by atoms with van der Waals surface area (Å²) < 4.78 is 0. The summed E-state index contributed by atoms with van der Waals surface area (Å²) in [6, 6.07) is 13.6. The second-order valence-corrected chi connectivity index (χ2v) is 5.82. The van der Waals surface area contributed by atoms with E-state index in [0.29, 0.717) is 12.4 Å². The number of pyridine rings is 2. The van der Waals surface area contributed by atoms with Gasteiger partial charge in [0.05, 0.1) is 17.6 Å². The fraction of sp³-hybridized carbons (Fsp3) is 0.0588. The van der Waals surface area contributed by atoms with E-state index >= 15 is 0 Å². The standard InChI is InChI=1S/C17H13N5S/c1-3-8-18-12(5-1)11-20-15-13-7-10-23-17(13)22-16(21-15)14-6-2-4-9-19-14/h1-10H,11H2,(H,20,21,22). The molecule has 4 aromatic rings. The first-order valence-corrected chi connectivity index (χ1v) is 8.08. The topological polar surface area (TPSA) is 63.6 Å². The molecule has 0 spiro atoms. The van der Waals surface area contributed by atoms with E-state index in [4.69, 9.17) is 0 Å². The van der Waals surface area contributed by atoms with Gasteiger partial charge in [0.25, 0.3) is 0 Å². The summed E-state index contributed by atoms with van der Waals surface area (Å²) in [5.41, 5.74) is 1.73. The van der Waals surface area contributed by atoms with E-state index in [1.165, 1.54) is 0 Å². The Hall–Kier alpha value is -2.86. The normalized spacial score (nSPS) is 10.8. The first kappa shape index (κ1) is 13.8. The molecule has 5 nitrogen and oxygen atoms in total. The molecule has 0 aromatic carbocycles. The highest BCUT2D eigenvalue weighted by atomic mass is 32.1. The molecule has 4 aromatic heterocycles. The summed E-state index contributed by atoms with van der Waals surface area (Å²) in [4.78, 5) is 18.9. The summed E-state index contributed by atoms with van der Waals surface area (Å²) in [5.74, 6) is 1.44. The smallest absolute Gasteiger partial charge is 0.181 e. The Morgan fingerprint density at radius 2 is 1.78 bits per heavy atom. The lowest BCUT2D eigenvalue weighted by Crippen LogP contribution is -2.05. The van der Waals surface area contributed by atoms with Gasteiger partial charge in [0.1, 0.15) is 16.3 Å². The molecule has 23 heavy (non-hydrogen) atoms. The summed E-state index contributed by atoms with van der Waals surface area (Å²) in [5, 5.41) is 6.41. The van der Waals surface area contributed by atoms with Gasteiger partial charge in [-0.15, -0.1) is 11.3 Å². The Kier molecular flexibility index (Phi) is 3.65. The predicted octanol–water partition coefficient (Wildman–Crippen LogP) is 3.76. The van der Waals surface area contributed by atoms with Crippen LogP contribution >= 0.6 is 11.3 Å². The third-order valence-electron chi connectivity index (χ3n) is 3.38. The maximum atomic E-state index is 4.65. The monoisotopic (exact) mass is 319 g/mol. The lowest BCUT2D eigenvalue weighted by Gasteiger charge is -2.08. The third kappa shape index (κ3) is 2.89. The maximum Gasteiger partial charge on any atom is 0.181 e. The number of hydrogen-bond donors (Lipinski definition) is 1. The lowest BCUT2D eigenvalue weighted by atomic mass is 10.3. The number of hydrogen-bond acceptors (Lipinski definition) is 6. The van der Waals surface area contributed by atoms with Crippen LogP contribution in [0.4, 0.5) is 5.82 Å². The molecule has 0 bridgehead atoms. The molecule has 112 valence electrons. The predicted molar refractivity (Wildman–Crippen MR) is 92.2 cm³/mol. The van der Waals surface area contributed by atoms with E-state index in [1.807, 2.05) is 47.8 Å². The zero-order chi connectivity index (χ0) is 15.5. The van der Waals surface area contributed by atoms with Crippen molar-refractivity contribution in [2.45, 2.75) is 6.54 Å². The van der Waals surface area contributed by atoms with Crippen LogP contribution in [0.1, 0.15) is 5.69 Å². The number of aromatic nitrogens is 4. The zero-order valence-electron chi connectivity index (χ0n) is 12.2. The van der Waals surface area contributed by atoms with Gasteiger partial charge in [0.2, 0.25) is 0 Å². The SMILES string of the molecule is c1ccc(CNc2nc(-c3ccccn3)nc3sccc23)nc1. The van der Waals surface area contributed by atoms with Crippen LogP contribution in [0.15, 0.2) is 60.2 Å². The number of rotatable bonds is 4. The van der Waals surface area contributed by atoms with E-state index in [-0.39, 0.29) is 0 Å². The van der Waals surface area contributed by atoms with Gasteiger partial charge in [-0.2, -0.15) is 0 Å². The minimum absolute atomic E-state index is 0.616. The van der Waals surface area contributed by atoms with Crippen LogP contribution < -0.4 is 5.32 Å². The van der Waals surface area contributed by atoms with E-state index in [2.05, 4.69) is 25.3 Å². The van der Waals surface area contributed by atoms with Gasteiger partial charge in [-0.05, 0) is 35.7 Å². The van der Waals surface area contributed by atoms with Crippen LogP contribution in [-0.4, -0.2) is 19.9 Å². The fourth-order valence-corrected chi connectivity index (χ4v) is 3.04. The molecule has 0 saturated carbocycles. The van der Waals surface area contributed by atoms with Crippen molar-refractivity contribution in [2.24, 2.45) is 0 Å². The minimum atomic E-state index is 0.616. The third-order valence-corrected chi connectivity index (χ3v) is 4.19. The molecule has 4 rings (SSSR count). The Morgan fingerprint density at radius 3 is 2.57 bits per heavy atom. The van der Waals surface area contributed by atoms with Crippen LogP contribution in [0, 0.1) is 0 Å². The number of nitrogens with one attached hydrogen (secondary N) is 1. The molecule has 0 amide bonds. The van der Waals surface area contributed by atoms with Crippen molar-refractivity contribution in [1.29, 1.82) is 0 Å². The molecule has 1 N–H and O–H groups in total. The maximum absolute atomic E-state index is 4.65. The van der Waals surface area contributed by atoms with Crippen molar-refractivity contribution >= 4 is 27.4 Å². The number of anilines is 1. The van der Waals surface area contributed by atoms with Crippen molar-refractivity contribution < 1.29 is 0 Å². The van der Waals surface area contributed by atoms with Gasteiger partial charge in [-0.25, -0.2) is 9.97 Å². The van der Waals surface area contributed by atoms with Crippen LogP contribution in [-0.2, 0) is 6.54 Å². The largest absolute Gasteiger partial charge is 0.364 e. The molecule has 0 aliphatic heterocycles. The van der Waals surface area contributed by atoms with Gasteiger partial charge < -0.3 is 5.32 Å². The molecule has 0 saturated heterocycles. The summed E-state index contributed by atoms with van der Waals surface area (Å²) >= 11 is 1.60. The molecule has 4 heterocycles. The minimum Gasteiger partial charge on any atom is -0.364 e. The Labute approximate surface area is 137 Å². The molecule has 0 atom stereocenters. The molecule has 0 aliphatic carbocycles. The van der Waals surface area contributed by atoms with Gasteiger partial charge in [0.15, 0.2) is 5.82 Å². The molecular weight excluding hydrogens is 306 g/mol. The zero-order valence-corrected chi connectivity index (χ0v) is 13.0. The highest BCUT2D eigenvalue weighted by Gasteiger charge is 2.11. The summed E-state index contributed by atoms with van der Waals surface area (Å²) in [7, 11) is 0. The van der Waals surface area contributed by atoms with Crippen molar-refractivity contribution in [3.05, 3.63) is 65.9 Å². The Bertz CT molecular complexity index is 922. The second kappa shape index (κ2) is 6.10. The van der Waals surface area contributed by atoms with Gasteiger partial charge in [-0.3, -0.25) is 9.97 Å². The average molecular weight is 319 g/mol. The van der Waals surface area contributed by atoms with Gasteiger partial charge in [0, 0.05) is 12.4 Å². The second-order valence-electron chi connectivity index (χ2n) is 4.92. The Balaban J connectivity index is 1.71. The van der Waals surface area contributed by atoms with Crippen LogP contribution in [0.2, 0.25) is 0 Å². The van der Waals surface area contributed by atoms with Crippen molar-refractivity contribution in [3.63, 3.8) is 0 Å². The van der Waals surface area contributed by atoms with E-state index < -0.39 is 0 Å². The summed E-state index contributed by atoms with van der Waals surface area (Å²) in [6.07, 6.45) is 3.54. The van der Waals surface area contributed by atoms with E-state index in [0.717, 1.165) is 27.4 Å². The number of nitrogens with zero attached hydrogens (tertiary/aromatic N) is 4.